The predicted octanol–water partition coefficient (Wildman–Crippen LogP) is 4.97. The zero-order valence-electron chi connectivity index (χ0n) is 26.6. The molecule has 1 aromatic carbocycles. The first kappa shape index (κ1) is 33.6. The number of fused-ring (bicyclic) bond motifs is 2. The van der Waals surface area contributed by atoms with E-state index in [9.17, 15) is 26.9 Å². The summed E-state index contributed by atoms with van der Waals surface area (Å²) in [5, 5.41) is 15.1. The standard InChI is InChI=1S/C32H39F3N8O2S2/c1-3-47(44,45)42-13-10-40(11-14-42)12-15-43-25(19-36)16-27-22(2)23(4-5-29(27)43)20-41-8-6-24(7-9-41)39-30-28-17-26(18-32(33,34)35)46-31(28)38-21-37-30/h4-5,16-17,21,24H,3,6-15,18,20H2,1-2H3,(H,37,38,39). The van der Waals surface area contributed by atoms with E-state index in [-0.39, 0.29) is 16.7 Å². The molecule has 0 aliphatic carbocycles. The maximum absolute atomic E-state index is 12.9. The van der Waals surface area contributed by atoms with E-state index in [0.717, 1.165) is 66.8 Å². The van der Waals surface area contributed by atoms with Gasteiger partial charge in [0.15, 0.2) is 0 Å². The van der Waals surface area contributed by atoms with Crippen molar-refractivity contribution in [3.63, 3.8) is 0 Å². The van der Waals surface area contributed by atoms with Crippen LogP contribution in [0.2, 0.25) is 0 Å². The molecule has 2 saturated heterocycles. The second-order valence-corrected chi connectivity index (χ2v) is 15.7. The van der Waals surface area contributed by atoms with E-state index in [1.54, 1.807) is 17.3 Å². The molecule has 2 aliphatic rings. The van der Waals surface area contributed by atoms with Crippen molar-refractivity contribution in [3.8, 4) is 6.07 Å². The summed E-state index contributed by atoms with van der Waals surface area (Å²) in [6.07, 6.45) is -2.08. The molecular formula is C32H39F3N8O2S2. The van der Waals surface area contributed by atoms with E-state index in [4.69, 9.17) is 0 Å². The van der Waals surface area contributed by atoms with Crippen LogP contribution in [-0.4, -0.2) is 101 Å². The van der Waals surface area contributed by atoms with Crippen LogP contribution in [0.15, 0.2) is 30.6 Å². The number of hydrogen-bond acceptors (Lipinski definition) is 9. The van der Waals surface area contributed by atoms with Crippen LogP contribution in [0.5, 0.6) is 0 Å². The Morgan fingerprint density at radius 3 is 2.45 bits per heavy atom. The van der Waals surface area contributed by atoms with Gasteiger partial charge in [-0.1, -0.05) is 6.07 Å². The van der Waals surface area contributed by atoms with Crippen LogP contribution in [-0.2, 0) is 29.5 Å². The summed E-state index contributed by atoms with van der Waals surface area (Å²) in [4.78, 5) is 14.0. The molecule has 0 amide bonds. The minimum atomic E-state index is -4.26. The number of anilines is 1. The molecule has 15 heteroatoms. The van der Waals surface area contributed by atoms with Crippen LogP contribution in [0, 0.1) is 18.3 Å². The highest BCUT2D eigenvalue weighted by molar-refractivity contribution is 7.89. The van der Waals surface area contributed by atoms with E-state index in [1.807, 2.05) is 6.07 Å². The summed E-state index contributed by atoms with van der Waals surface area (Å²) in [7, 11) is -3.17. The lowest BCUT2D eigenvalue weighted by molar-refractivity contribution is -0.126. The third-order valence-electron chi connectivity index (χ3n) is 9.39. The number of benzene rings is 1. The summed E-state index contributed by atoms with van der Waals surface area (Å²) in [6, 6.07) is 10.3. The van der Waals surface area contributed by atoms with Gasteiger partial charge >= 0.3 is 6.18 Å². The lowest BCUT2D eigenvalue weighted by Crippen LogP contribution is -2.49. The third kappa shape index (κ3) is 7.57. The van der Waals surface area contributed by atoms with Gasteiger partial charge in [-0.15, -0.1) is 11.3 Å². The molecular weight excluding hydrogens is 650 g/mol. The minimum absolute atomic E-state index is 0.119. The average Bonchev–Trinajstić information content (AvgIpc) is 3.63. The summed E-state index contributed by atoms with van der Waals surface area (Å²) in [5.41, 5.74) is 4.02. The number of aromatic nitrogens is 3. The Labute approximate surface area is 276 Å². The van der Waals surface area contributed by atoms with Crippen molar-refractivity contribution in [1.82, 2.24) is 28.6 Å². The Balaban J connectivity index is 1.06. The van der Waals surface area contributed by atoms with Gasteiger partial charge in [-0.2, -0.15) is 22.7 Å². The Morgan fingerprint density at radius 2 is 1.77 bits per heavy atom. The zero-order valence-corrected chi connectivity index (χ0v) is 28.2. The normalized spacial score (nSPS) is 17.9. The van der Waals surface area contributed by atoms with Crippen molar-refractivity contribution >= 4 is 48.3 Å². The first-order chi connectivity index (χ1) is 22.4. The minimum Gasteiger partial charge on any atom is -0.367 e. The molecule has 2 aliphatic heterocycles. The average molecular weight is 689 g/mol. The molecule has 6 rings (SSSR count). The number of nitriles is 1. The van der Waals surface area contributed by atoms with Gasteiger partial charge in [0.1, 0.15) is 28.7 Å². The fourth-order valence-corrected chi connectivity index (χ4v) is 8.77. The number of alkyl halides is 3. The number of sulfonamides is 1. The first-order valence-electron chi connectivity index (χ1n) is 15.9. The first-order valence-corrected chi connectivity index (χ1v) is 18.4. The summed E-state index contributed by atoms with van der Waals surface area (Å²) in [6.45, 7) is 10.0. The zero-order chi connectivity index (χ0) is 33.3. The number of hydrogen-bond donors (Lipinski definition) is 1. The van der Waals surface area contributed by atoms with Gasteiger partial charge in [-0.25, -0.2) is 18.4 Å². The SMILES string of the molecule is CCS(=O)(=O)N1CCN(CCn2c(C#N)cc3c(C)c(CN4CCC(Nc5ncnc6sc(CC(F)(F)F)cc56)CC4)ccc32)CC1. The van der Waals surface area contributed by atoms with Gasteiger partial charge < -0.3 is 9.88 Å². The van der Waals surface area contributed by atoms with Crippen LogP contribution in [0.1, 0.15) is 41.5 Å². The van der Waals surface area contributed by atoms with Crippen molar-refractivity contribution < 1.29 is 21.6 Å². The van der Waals surface area contributed by atoms with Crippen LogP contribution in [0.25, 0.3) is 21.1 Å². The number of thiophene rings is 1. The maximum Gasteiger partial charge on any atom is 0.393 e. The lowest BCUT2D eigenvalue weighted by Gasteiger charge is -2.34. The molecule has 1 N–H and O–H groups in total. The number of piperazine rings is 1. The summed E-state index contributed by atoms with van der Waals surface area (Å²) >= 11 is 1.06. The van der Waals surface area contributed by atoms with Gasteiger partial charge in [0.25, 0.3) is 0 Å². The molecule has 0 atom stereocenters. The second kappa shape index (κ2) is 13.7. The van der Waals surface area contributed by atoms with Gasteiger partial charge in [0, 0.05) is 80.7 Å². The Kier molecular flexibility index (Phi) is 9.78. The smallest absolute Gasteiger partial charge is 0.367 e. The topological polar surface area (TPSA) is 110 Å². The molecule has 2 fully saturated rings. The molecule has 4 aromatic rings. The number of piperidine rings is 1. The van der Waals surface area contributed by atoms with Crippen molar-refractivity contribution in [2.45, 2.75) is 58.4 Å². The number of rotatable bonds is 10. The number of aryl methyl sites for hydroxylation is 1. The number of nitrogens with one attached hydrogen (secondary N) is 1. The Morgan fingerprint density at radius 1 is 1.02 bits per heavy atom. The Bertz CT molecular complexity index is 1880. The highest BCUT2D eigenvalue weighted by Crippen LogP contribution is 2.33. The molecule has 47 heavy (non-hydrogen) atoms. The molecule has 0 radical (unpaired) electrons. The van der Waals surface area contributed by atoms with Gasteiger partial charge in [0.2, 0.25) is 10.0 Å². The van der Waals surface area contributed by atoms with E-state index < -0.39 is 22.6 Å². The second-order valence-electron chi connectivity index (χ2n) is 12.4. The molecule has 0 saturated carbocycles. The quantitative estimate of drug-likeness (QED) is 0.249. The highest BCUT2D eigenvalue weighted by Gasteiger charge is 2.30. The fourth-order valence-electron chi connectivity index (χ4n) is 6.66. The van der Waals surface area contributed by atoms with Gasteiger partial charge in [-0.3, -0.25) is 9.80 Å². The number of halogens is 3. The van der Waals surface area contributed by atoms with E-state index in [1.165, 1.54) is 11.9 Å². The van der Waals surface area contributed by atoms with Gasteiger partial charge in [0.05, 0.1) is 17.6 Å². The molecule has 252 valence electrons. The summed E-state index contributed by atoms with van der Waals surface area (Å²) in [5.74, 6) is 0.706. The number of likely N-dealkylation sites (tertiary alicyclic amines) is 1. The van der Waals surface area contributed by atoms with Gasteiger partial charge in [-0.05, 0) is 56.0 Å². The van der Waals surface area contributed by atoms with E-state index in [2.05, 4.69) is 54.8 Å². The molecule has 10 nitrogen and oxygen atoms in total. The lowest BCUT2D eigenvalue weighted by atomic mass is 10.0. The van der Waals surface area contributed by atoms with E-state index in [0.29, 0.717) is 54.5 Å². The van der Waals surface area contributed by atoms with E-state index >= 15 is 0 Å². The van der Waals surface area contributed by atoms with Crippen LogP contribution < -0.4 is 5.32 Å². The molecule has 0 unspecified atom stereocenters. The molecule has 0 spiro atoms. The van der Waals surface area contributed by atoms with Crippen molar-refractivity contribution in [2.24, 2.45) is 0 Å². The summed E-state index contributed by atoms with van der Waals surface area (Å²) < 4.78 is 66.9. The highest BCUT2D eigenvalue weighted by atomic mass is 32.2. The largest absolute Gasteiger partial charge is 0.393 e. The van der Waals surface area contributed by atoms with Crippen LogP contribution in [0.4, 0.5) is 19.0 Å². The fraction of sp³-hybridized carbons (Fsp3) is 0.531. The van der Waals surface area contributed by atoms with Crippen molar-refractivity contribution in [2.75, 3.05) is 56.9 Å². The molecule has 5 heterocycles. The maximum atomic E-state index is 12.9. The van der Waals surface area contributed by atoms with Crippen molar-refractivity contribution in [3.05, 3.63) is 52.3 Å². The predicted molar refractivity (Wildman–Crippen MR) is 178 cm³/mol. The number of nitrogens with zero attached hydrogens (tertiary/aromatic N) is 7. The molecule has 0 bridgehead atoms. The monoisotopic (exact) mass is 688 g/mol. The van der Waals surface area contributed by atoms with Crippen LogP contribution >= 0.6 is 11.3 Å². The Hall–Kier alpha value is -3.29. The van der Waals surface area contributed by atoms with Crippen molar-refractivity contribution in [1.29, 1.82) is 5.26 Å². The third-order valence-corrected chi connectivity index (χ3v) is 12.3. The van der Waals surface area contributed by atoms with Crippen LogP contribution in [0.3, 0.4) is 0 Å². The molecule has 3 aromatic heterocycles.